The molecule has 0 aliphatic carbocycles. The number of rotatable bonds is 6. The van der Waals surface area contributed by atoms with Gasteiger partial charge in [-0.2, -0.15) is 0 Å². The van der Waals surface area contributed by atoms with Gasteiger partial charge in [-0.05, 0) is 25.3 Å². The number of benzene rings is 1. The summed E-state index contributed by atoms with van der Waals surface area (Å²) in [5.74, 6) is 1.03. The maximum Gasteiger partial charge on any atom is 0.194 e. The molecule has 2 saturated heterocycles. The molecule has 158 valence electrons. The van der Waals surface area contributed by atoms with Gasteiger partial charge in [0.2, 0.25) is 0 Å². The molecule has 2 unspecified atom stereocenters. The van der Waals surface area contributed by atoms with E-state index in [-0.39, 0.29) is 6.10 Å². The fraction of sp³-hybridized carbons (Fsp3) is 0.609. The molecule has 2 atom stereocenters. The molecule has 0 saturated carbocycles. The second-order valence-electron chi connectivity index (χ2n) is 8.01. The van der Waals surface area contributed by atoms with Gasteiger partial charge in [-0.3, -0.25) is 9.89 Å². The first-order chi connectivity index (χ1) is 14.3. The van der Waals surface area contributed by atoms with Crippen molar-refractivity contribution in [3.8, 4) is 0 Å². The number of hydrogen-bond donors (Lipinski definition) is 1. The van der Waals surface area contributed by atoms with Gasteiger partial charge in [0.15, 0.2) is 5.96 Å². The molecular formula is C23H34N4O2. The Balaban J connectivity index is 1.38. The van der Waals surface area contributed by atoms with Crippen LogP contribution in [0.3, 0.4) is 0 Å². The highest BCUT2D eigenvalue weighted by Crippen LogP contribution is 2.25. The van der Waals surface area contributed by atoms with Gasteiger partial charge >= 0.3 is 0 Å². The first-order valence-electron chi connectivity index (χ1n) is 11.0. The number of hydrogen-bond acceptors (Lipinski definition) is 4. The fourth-order valence-corrected chi connectivity index (χ4v) is 4.47. The molecule has 0 bridgehead atoms. The molecule has 4 rings (SSSR count). The van der Waals surface area contributed by atoms with Crippen molar-refractivity contribution < 1.29 is 9.47 Å². The van der Waals surface area contributed by atoms with E-state index in [4.69, 9.17) is 14.5 Å². The summed E-state index contributed by atoms with van der Waals surface area (Å²) in [4.78, 5) is 9.90. The second kappa shape index (κ2) is 10.2. The van der Waals surface area contributed by atoms with E-state index in [9.17, 15) is 0 Å². The van der Waals surface area contributed by atoms with E-state index in [2.05, 4.69) is 58.4 Å². The van der Waals surface area contributed by atoms with Crippen molar-refractivity contribution in [2.75, 3.05) is 52.5 Å². The molecule has 1 aromatic rings. The molecule has 1 aromatic carbocycles. The van der Waals surface area contributed by atoms with E-state index in [1.54, 1.807) is 0 Å². The topological polar surface area (TPSA) is 49.3 Å². The quantitative estimate of drug-likeness (QED) is 0.453. The lowest BCUT2D eigenvalue weighted by Gasteiger charge is -2.36. The van der Waals surface area contributed by atoms with Crippen LogP contribution in [0.5, 0.6) is 0 Å². The minimum atomic E-state index is 0.259. The lowest BCUT2D eigenvalue weighted by Crippen LogP contribution is -2.50. The van der Waals surface area contributed by atoms with Gasteiger partial charge in [-0.15, -0.1) is 0 Å². The minimum absolute atomic E-state index is 0.259. The smallest absolute Gasteiger partial charge is 0.194 e. The van der Waals surface area contributed by atoms with Crippen LogP contribution in [0.15, 0.2) is 47.0 Å². The van der Waals surface area contributed by atoms with E-state index in [1.807, 2.05) is 0 Å². The van der Waals surface area contributed by atoms with Crippen molar-refractivity contribution in [1.29, 1.82) is 0 Å². The fourth-order valence-electron chi connectivity index (χ4n) is 4.47. The lowest BCUT2D eigenvalue weighted by molar-refractivity contribution is -0.0502. The maximum atomic E-state index is 6.14. The number of guanidine groups is 1. The molecular weight excluding hydrogens is 364 g/mol. The van der Waals surface area contributed by atoms with Crippen LogP contribution in [0.1, 0.15) is 25.3 Å². The summed E-state index contributed by atoms with van der Waals surface area (Å²) < 4.78 is 11.5. The summed E-state index contributed by atoms with van der Waals surface area (Å²) in [5.41, 5.74) is 2.85. The first-order valence-corrected chi connectivity index (χ1v) is 11.0. The molecule has 2 fully saturated rings. The van der Waals surface area contributed by atoms with Crippen molar-refractivity contribution >= 4 is 5.96 Å². The number of likely N-dealkylation sites (tertiary alicyclic amines) is 1. The van der Waals surface area contributed by atoms with E-state index < -0.39 is 0 Å². The highest BCUT2D eigenvalue weighted by molar-refractivity contribution is 5.80. The summed E-state index contributed by atoms with van der Waals surface area (Å²) in [6.07, 6.45) is 4.54. The average Bonchev–Trinajstić information content (AvgIpc) is 3.20. The first kappa shape index (κ1) is 20.4. The van der Waals surface area contributed by atoms with Gasteiger partial charge in [0.1, 0.15) is 0 Å². The monoisotopic (exact) mass is 398 g/mol. The van der Waals surface area contributed by atoms with Crippen molar-refractivity contribution in [3.63, 3.8) is 0 Å². The van der Waals surface area contributed by atoms with E-state index >= 15 is 0 Å². The third-order valence-corrected chi connectivity index (χ3v) is 6.03. The number of morpholine rings is 1. The molecule has 0 amide bonds. The van der Waals surface area contributed by atoms with Gasteiger partial charge in [0.05, 0.1) is 32.0 Å². The summed E-state index contributed by atoms with van der Waals surface area (Å²) in [5, 5.41) is 3.49. The van der Waals surface area contributed by atoms with E-state index in [0.717, 1.165) is 77.9 Å². The Morgan fingerprint density at radius 1 is 1.21 bits per heavy atom. The van der Waals surface area contributed by atoms with Gasteiger partial charge in [-0.1, -0.05) is 42.0 Å². The molecule has 1 N–H and O–H groups in total. The molecule has 3 heterocycles. The summed E-state index contributed by atoms with van der Waals surface area (Å²) in [6, 6.07) is 11.2. The van der Waals surface area contributed by atoms with Crippen LogP contribution in [-0.4, -0.2) is 80.4 Å². The molecule has 0 spiro atoms. The largest absolute Gasteiger partial charge is 0.377 e. The van der Waals surface area contributed by atoms with Crippen molar-refractivity contribution in [1.82, 2.24) is 15.1 Å². The predicted molar refractivity (Wildman–Crippen MR) is 116 cm³/mol. The van der Waals surface area contributed by atoms with Crippen LogP contribution in [0.2, 0.25) is 0 Å². The Kier molecular flexibility index (Phi) is 7.19. The molecule has 0 radical (unpaired) electrons. The Labute approximate surface area is 174 Å². The van der Waals surface area contributed by atoms with Crippen molar-refractivity contribution in [3.05, 3.63) is 47.5 Å². The third kappa shape index (κ3) is 5.38. The zero-order valence-corrected chi connectivity index (χ0v) is 17.6. The van der Waals surface area contributed by atoms with Crippen molar-refractivity contribution in [2.45, 2.75) is 38.5 Å². The minimum Gasteiger partial charge on any atom is -0.377 e. The molecule has 0 aromatic heterocycles. The summed E-state index contributed by atoms with van der Waals surface area (Å²) in [7, 11) is 0. The molecule has 29 heavy (non-hydrogen) atoms. The van der Waals surface area contributed by atoms with Crippen LogP contribution in [-0.2, 0) is 16.0 Å². The number of aliphatic imine (C=N–C) groups is 1. The number of fused-ring (bicyclic) bond motifs is 1. The molecule has 3 aliphatic rings. The Bertz CT molecular complexity index is 706. The number of nitrogens with zero attached hydrogens (tertiary/aromatic N) is 3. The van der Waals surface area contributed by atoms with Gasteiger partial charge in [0.25, 0.3) is 0 Å². The number of nitrogens with one attached hydrogen (secondary N) is 1. The zero-order valence-electron chi connectivity index (χ0n) is 17.6. The summed E-state index contributed by atoms with van der Waals surface area (Å²) >= 11 is 0. The zero-order chi connectivity index (χ0) is 19.9. The highest BCUT2D eigenvalue weighted by atomic mass is 16.5. The van der Waals surface area contributed by atoms with Crippen molar-refractivity contribution in [2.24, 2.45) is 4.99 Å². The highest BCUT2D eigenvalue weighted by Gasteiger charge is 2.41. The Morgan fingerprint density at radius 3 is 2.90 bits per heavy atom. The predicted octanol–water partition coefficient (Wildman–Crippen LogP) is 2.27. The maximum absolute atomic E-state index is 6.14. The molecule has 6 heteroatoms. The SMILES string of the molecule is CCNC(=NCCC1=CCOCC1)N1CC2OCCN(Cc3ccccc3)C2C1. The van der Waals surface area contributed by atoms with E-state index in [1.165, 1.54) is 11.1 Å². The third-order valence-electron chi connectivity index (χ3n) is 6.03. The van der Waals surface area contributed by atoms with Crippen LogP contribution in [0.4, 0.5) is 0 Å². The van der Waals surface area contributed by atoms with Crippen LogP contribution >= 0.6 is 0 Å². The standard InChI is InChI=1S/C23H34N4O2/c1-2-24-23(25-11-8-19-9-13-28-14-10-19)27-17-21-22(18-27)29-15-12-26(21)16-20-6-4-3-5-7-20/h3-7,9,21-22H,2,8,10-18H2,1H3,(H,24,25). The van der Waals surface area contributed by atoms with E-state index in [0.29, 0.717) is 6.04 Å². The molecule has 6 nitrogen and oxygen atoms in total. The number of ether oxygens (including phenoxy) is 2. The van der Waals surface area contributed by atoms with Crippen LogP contribution in [0.25, 0.3) is 0 Å². The van der Waals surface area contributed by atoms with Gasteiger partial charge < -0.3 is 19.7 Å². The Morgan fingerprint density at radius 2 is 2.10 bits per heavy atom. The van der Waals surface area contributed by atoms with Crippen LogP contribution < -0.4 is 5.32 Å². The van der Waals surface area contributed by atoms with Crippen LogP contribution in [0, 0.1) is 0 Å². The van der Waals surface area contributed by atoms with Gasteiger partial charge in [0, 0.05) is 39.3 Å². The molecule has 3 aliphatic heterocycles. The van der Waals surface area contributed by atoms with Gasteiger partial charge in [-0.25, -0.2) is 0 Å². The lowest BCUT2D eigenvalue weighted by atomic mass is 10.1. The average molecular weight is 399 g/mol. The summed E-state index contributed by atoms with van der Waals surface area (Å²) in [6.45, 7) is 10.1. The Hall–Kier alpha value is -1.89. The normalized spacial score (nSPS) is 25.6. The second-order valence-corrected chi connectivity index (χ2v) is 8.01.